The van der Waals surface area contributed by atoms with Gasteiger partial charge in [-0.2, -0.15) is 11.8 Å². The molecule has 1 aliphatic carbocycles. The van der Waals surface area contributed by atoms with Gasteiger partial charge in [-0.05, 0) is 25.0 Å². The lowest BCUT2D eigenvalue weighted by molar-refractivity contribution is -0.117. The second-order valence-corrected chi connectivity index (χ2v) is 5.24. The summed E-state index contributed by atoms with van der Waals surface area (Å²) in [5.41, 5.74) is 0. The zero-order valence-corrected chi connectivity index (χ0v) is 10.7. The highest BCUT2D eigenvalue weighted by Gasteiger charge is 2.17. The second-order valence-electron chi connectivity index (χ2n) is 4.13. The zero-order valence-electron chi connectivity index (χ0n) is 9.91. The van der Waals surface area contributed by atoms with Crippen LogP contribution in [0.5, 0.6) is 0 Å². The standard InChI is InChI=1S/C11H20N2O3S/c14-6-3-7-17-8-10(15)13-11(16)12-9-4-1-2-5-9/h9,14H,1-8H2,(H2,12,13,15,16). The summed E-state index contributed by atoms with van der Waals surface area (Å²) in [6, 6.07) is -0.158. The highest BCUT2D eigenvalue weighted by atomic mass is 32.2. The largest absolute Gasteiger partial charge is 0.396 e. The summed E-state index contributed by atoms with van der Waals surface area (Å²) >= 11 is 1.42. The van der Waals surface area contributed by atoms with Crippen molar-refractivity contribution >= 4 is 23.7 Å². The topological polar surface area (TPSA) is 78.4 Å². The summed E-state index contributed by atoms with van der Waals surface area (Å²) in [5, 5.41) is 13.7. The number of hydrogen-bond acceptors (Lipinski definition) is 4. The van der Waals surface area contributed by atoms with Gasteiger partial charge in [-0.25, -0.2) is 4.79 Å². The Morgan fingerprint density at radius 2 is 2.00 bits per heavy atom. The van der Waals surface area contributed by atoms with Gasteiger partial charge in [0, 0.05) is 12.6 Å². The number of carbonyl (C=O) groups excluding carboxylic acids is 2. The number of thioether (sulfide) groups is 1. The summed E-state index contributed by atoms with van der Waals surface area (Å²) in [5.74, 6) is 0.718. The Bertz CT molecular complexity index is 255. The van der Waals surface area contributed by atoms with Gasteiger partial charge in [-0.1, -0.05) is 12.8 Å². The van der Waals surface area contributed by atoms with E-state index in [0.717, 1.165) is 31.4 Å². The molecule has 0 aromatic rings. The average molecular weight is 260 g/mol. The van der Waals surface area contributed by atoms with E-state index >= 15 is 0 Å². The number of hydrogen-bond donors (Lipinski definition) is 3. The van der Waals surface area contributed by atoms with Crippen LogP contribution in [-0.2, 0) is 4.79 Å². The Labute approximate surface area is 106 Å². The maximum Gasteiger partial charge on any atom is 0.321 e. The second kappa shape index (κ2) is 8.36. The van der Waals surface area contributed by atoms with Crippen LogP contribution in [0.2, 0.25) is 0 Å². The molecule has 1 saturated carbocycles. The van der Waals surface area contributed by atoms with Crippen LogP contribution in [0.3, 0.4) is 0 Å². The fourth-order valence-electron chi connectivity index (χ4n) is 1.79. The van der Waals surface area contributed by atoms with Crippen LogP contribution in [0, 0.1) is 0 Å². The van der Waals surface area contributed by atoms with Gasteiger partial charge < -0.3 is 10.4 Å². The van der Waals surface area contributed by atoms with Crippen LogP contribution in [0.4, 0.5) is 4.79 Å². The summed E-state index contributed by atoms with van der Waals surface area (Å²) < 4.78 is 0. The van der Waals surface area contributed by atoms with Crippen molar-refractivity contribution in [3.8, 4) is 0 Å². The predicted molar refractivity (Wildman–Crippen MR) is 68.0 cm³/mol. The Balaban J connectivity index is 2.06. The van der Waals surface area contributed by atoms with Crippen molar-refractivity contribution in [1.82, 2.24) is 10.6 Å². The quantitative estimate of drug-likeness (QED) is 0.619. The Kier molecular flexibility index (Phi) is 7.04. The molecule has 5 nitrogen and oxygen atoms in total. The smallest absolute Gasteiger partial charge is 0.321 e. The van der Waals surface area contributed by atoms with E-state index in [1.165, 1.54) is 11.8 Å². The number of nitrogens with one attached hydrogen (secondary N) is 2. The molecule has 0 aliphatic heterocycles. The molecule has 0 bridgehead atoms. The minimum atomic E-state index is -0.385. The van der Waals surface area contributed by atoms with E-state index in [1.54, 1.807) is 0 Å². The first kappa shape index (κ1) is 14.3. The first-order valence-corrected chi connectivity index (χ1v) is 7.17. The van der Waals surface area contributed by atoms with Crippen molar-refractivity contribution in [2.24, 2.45) is 0 Å². The van der Waals surface area contributed by atoms with Crippen LogP contribution in [0.25, 0.3) is 0 Å². The molecule has 0 atom stereocenters. The first-order chi connectivity index (χ1) is 8.22. The molecule has 6 heteroatoms. The normalized spacial score (nSPS) is 15.8. The molecular weight excluding hydrogens is 240 g/mol. The van der Waals surface area contributed by atoms with Crippen LogP contribution < -0.4 is 10.6 Å². The van der Waals surface area contributed by atoms with Gasteiger partial charge in [-0.3, -0.25) is 10.1 Å². The lowest BCUT2D eigenvalue weighted by Crippen LogP contribution is -2.44. The molecule has 1 aliphatic rings. The highest BCUT2D eigenvalue weighted by Crippen LogP contribution is 2.17. The van der Waals surface area contributed by atoms with Gasteiger partial charge in [-0.15, -0.1) is 0 Å². The maximum atomic E-state index is 11.4. The molecular formula is C11H20N2O3S. The molecule has 17 heavy (non-hydrogen) atoms. The molecule has 98 valence electrons. The van der Waals surface area contributed by atoms with E-state index in [0.29, 0.717) is 6.42 Å². The van der Waals surface area contributed by atoms with E-state index in [1.807, 2.05) is 0 Å². The van der Waals surface area contributed by atoms with Gasteiger partial charge in [0.05, 0.1) is 5.75 Å². The molecule has 1 rings (SSSR count). The van der Waals surface area contributed by atoms with E-state index in [2.05, 4.69) is 10.6 Å². The van der Waals surface area contributed by atoms with Crippen LogP contribution in [-0.4, -0.2) is 41.2 Å². The SMILES string of the molecule is O=C(CSCCCO)NC(=O)NC1CCCC1. The van der Waals surface area contributed by atoms with Crippen molar-refractivity contribution in [2.45, 2.75) is 38.1 Å². The van der Waals surface area contributed by atoms with Crippen LogP contribution in [0.1, 0.15) is 32.1 Å². The zero-order chi connectivity index (χ0) is 12.5. The fourth-order valence-corrected chi connectivity index (χ4v) is 2.52. The number of rotatable bonds is 6. The van der Waals surface area contributed by atoms with E-state index in [-0.39, 0.29) is 30.3 Å². The van der Waals surface area contributed by atoms with Crippen molar-refractivity contribution in [3.05, 3.63) is 0 Å². The predicted octanol–water partition coefficient (Wildman–Crippen LogP) is 0.870. The molecule has 0 saturated heterocycles. The number of urea groups is 1. The Hall–Kier alpha value is -0.750. The molecule has 0 unspecified atom stereocenters. The maximum absolute atomic E-state index is 11.4. The third-order valence-corrected chi connectivity index (χ3v) is 3.67. The average Bonchev–Trinajstić information content (AvgIpc) is 2.77. The fraction of sp³-hybridized carbons (Fsp3) is 0.818. The molecule has 0 aromatic heterocycles. The number of imide groups is 1. The number of aliphatic hydroxyl groups excluding tert-OH is 1. The molecule has 3 amide bonds. The summed E-state index contributed by atoms with van der Waals surface area (Å²) in [4.78, 5) is 22.7. The number of carbonyl (C=O) groups is 2. The Morgan fingerprint density at radius 3 is 2.65 bits per heavy atom. The molecule has 0 radical (unpaired) electrons. The number of aliphatic hydroxyl groups is 1. The minimum absolute atomic E-state index is 0.136. The third-order valence-electron chi connectivity index (χ3n) is 2.62. The molecule has 1 fully saturated rings. The van der Waals surface area contributed by atoms with Gasteiger partial charge in [0.25, 0.3) is 0 Å². The lowest BCUT2D eigenvalue weighted by Gasteiger charge is -2.11. The summed E-state index contributed by atoms with van der Waals surface area (Å²) in [6.07, 6.45) is 4.98. The lowest BCUT2D eigenvalue weighted by atomic mass is 10.2. The molecule has 0 spiro atoms. The van der Waals surface area contributed by atoms with Gasteiger partial charge >= 0.3 is 6.03 Å². The van der Waals surface area contributed by atoms with Crippen molar-refractivity contribution in [3.63, 3.8) is 0 Å². The molecule has 3 N–H and O–H groups in total. The van der Waals surface area contributed by atoms with Crippen LogP contribution >= 0.6 is 11.8 Å². The first-order valence-electron chi connectivity index (χ1n) is 6.01. The third kappa shape index (κ3) is 6.53. The van der Waals surface area contributed by atoms with E-state index in [4.69, 9.17) is 5.11 Å². The van der Waals surface area contributed by atoms with E-state index in [9.17, 15) is 9.59 Å². The monoisotopic (exact) mass is 260 g/mol. The van der Waals surface area contributed by atoms with Crippen molar-refractivity contribution in [2.75, 3.05) is 18.1 Å². The van der Waals surface area contributed by atoms with Crippen molar-refractivity contribution in [1.29, 1.82) is 0 Å². The summed E-state index contributed by atoms with van der Waals surface area (Å²) in [7, 11) is 0. The van der Waals surface area contributed by atoms with Gasteiger partial charge in [0.1, 0.15) is 0 Å². The van der Waals surface area contributed by atoms with Gasteiger partial charge in [0.15, 0.2) is 0 Å². The van der Waals surface area contributed by atoms with Crippen molar-refractivity contribution < 1.29 is 14.7 Å². The minimum Gasteiger partial charge on any atom is -0.396 e. The van der Waals surface area contributed by atoms with E-state index < -0.39 is 0 Å². The number of amides is 3. The highest BCUT2D eigenvalue weighted by molar-refractivity contribution is 7.99. The summed E-state index contributed by atoms with van der Waals surface area (Å²) in [6.45, 7) is 0.136. The molecule has 0 aromatic carbocycles. The van der Waals surface area contributed by atoms with Gasteiger partial charge in [0.2, 0.25) is 5.91 Å². The Morgan fingerprint density at radius 1 is 1.29 bits per heavy atom. The molecule has 0 heterocycles. The van der Waals surface area contributed by atoms with Crippen LogP contribution in [0.15, 0.2) is 0 Å².